The summed E-state index contributed by atoms with van der Waals surface area (Å²) in [4.78, 5) is 0. The van der Waals surface area contributed by atoms with Gasteiger partial charge < -0.3 is 5.32 Å². The highest BCUT2D eigenvalue weighted by Gasteiger charge is 2.14. The Kier molecular flexibility index (Phi) is 4.84. The molecule has 1 rings (SSSR count). The highest BCUT2D eigenvalue weighted by molar-refractivity contribution is 9.10. The van der Waals surface area contributed by atoms with Crippen molar-refractivity contribution in [3.8, 4) is 0 Å². The van der Waals surface area contributed by atoms with Crippen LogP contribution >= 0.6 is 27.5 Å². The van der Waals surface area contributed by atoms with E-state index < -0.39 is 0 Å². The maximum absolute atomic E-state index is 6.17. The Morgan fingerprint density at radius 3 is 2.80 bits per heavy atom. The summed E-state index contributed by atoms with van der Waals surface area (Å²) in [5.74, 6) is 0. The fourth-order valence-corrected chi connectivity index (χ4v) is 2.10. The number of likely N-dealkylation sites (N-methyl/N-ethyl adjacent to an activating group) is 1. The second-order valence-corrected chi connectivity index (χ2v) is 4.83. The van der Waals surface area contributed by atoms with Gasteiger partial charge in [-0.3, -0.25) is 0 Å². The SMILES string of the molecule is C=C(C)C(NCC)c1cc(Br)ccc1Cl. The molecule has 1 unspecified atom stereocenters. The summed E-state index contributed by atoms with van der Waals surface area (Å²) in [7, 11) is 0. The van der Waals surface area contributed by atoms with E-state index in [1.807, 2.05) is 25.1 Å². The molecule has 1 aromatic carbocycles. The van der Waals surface area contributed by atoms with Gasteiger partial charge in [-0.2, -0.15) is 0 Å². The highest BCUT2D eigenvalue weighted by atomic mass is 79.9. The minimum absolute atomic E-state index is 0.125. The molecule has 0 aliphatic heterocycles. The second kappa shape index (κ2) is 5.69. The van der Waals surface area contributed by atoms with Crippen molar-refractivity contribution in [3.05, 3.63) is 45.4 Å². The van der Waals surface area contributed by atoms with Gasteiger partial charge in [0.25, 0.3) is 0 Å². The summed E-state index contributed by atoms with van der Waals surface area (Å²) in [6.07, 6.45) is 0. The first-order chi connectivity index (χ1) is 7.06. The van der Waals surface area contributed by atoms with Crippen molar-refractivity contribution in [1.29, 1.82) is 0 Å². The molecule has 0 fully saturated rings. The lowest BCUT2D eigenvalue weighted by Gasteiger charge is -2.20. The summed E-state index contributed by atoms with van der Waals surface area (Å²) in [5, 5.41) is 4.13. The minimum Gasteiger partial charge on any atom is -0.307 e. The Morgan fingerprint density at radius 1 is 1.60 bits per heavy atom. The van der Waals surface area contributed by atoms with Crippen LogP contribution in [0.25, 0.3) is 0 Å². The molecule has 0 bridgehead atoms. The van der Waals surface area contributed by atoms with E-state index in [1.165, 1.54) is 0 Å². The molecule has 1 nitrogen and oxygen atoms in total. The lowest BCUT2D eigenvalue weighted by Crippen LogP contribution is -2.21. The van der Waals surface area contributed by atoms with Crippen LogP contribution < -0.4 is 5.32 Å². The Hall–Kier alpha value is -0.310. The normalized spacial score (nSPS) is 12.5. The average Bonchev–Trinajstić information content (AvgIpc) is 2.18. The Labute approximate surface area is 105 Å². The van der Waals surface area contributed by atoms with E-state index in [0.717, 1.165) is 27.2 Å². The molecule has 0 aliphatic rings. The fourth-order valence-electron chi connectivity index (χ4n) is 1.49. The zero-order valence-corrected chi connectivity index (χ0v) is 11.3. The molecular formula is C12H15BrClN. The summed E-state index contributed by atoms with van der Waals surface area (Å²) in [6, 6.07) is 5.99. The van der Waals surface area contributed by atoms with E-state index >= 15 is 0 Å². The van der Waals surface area contributed by atoms with Crippen LogP contribution in [0.4, 0.5) is 0 Å². The lowest BCUT2D eigenvalue weighted by atomic mass is 10.0. The smallest absolute Gasteiger partial charge is 0.0545 e. The summed E-state index contributed by atoms with van der Waals surface area (Å²) < 4.78 is 1.03. The maximum Gasteiger partial charge on any atom is 0.0545 e. The molecule has 15 heavy (non-hydrogen) atoms. The van der Waals surface area contributed by atoms with Crippen LogP contribution in [-0.4, -0.2) is 6.54 Å². The van der Waals surface area contributed by atoms with Crippen molar-refractivity contribution in [2.45, 2.75) is 19.9 Å². The van der Waals surface area contributed by atoms with Crippen molar-refractivity contribution >= 4 is 27.5 Å². The Morgan fingerprint density at radius 2 is 2.27 bits per heavy atom. The van der Waals surface area contributed by atoms with E-state index in [2.05, 4.69) is 34.7 Å². The van der Waals surface area contributed by atoms with Crippen molar-refractivity contribution in [3.63, 3.8) is 0 Å². The van der Waals surface area contributed by atoms with Crippen LogP contribution in [0.3, 0.4) is 0 Å². The van der Waals surface area contributed by atoms with Crippen molar-refractivity contribution in [2.24, 2.45) is 0 Å². The molecule has 0 aromatic heterocycles. The lowest BCUT2D eigenvalue weighted by molar-refractivity contribution is 0.621. The average molecular weight is 289 g/mol. The third kappa shape index (κ3) is 3.33. The van der Waals surface area contributed by atoms with Gasteiger partial charge in [-0.15, -0.1) is 0 Å². The number of nitrogens with one attached hydrogen (secondary N) is 1. The van der Waals surface area contributed by atoms with Crippen LogP contribution in [0, 0.1) is 0 Å². The first kappa shape index (κ1) is 12.8. The molecule has 1 atom stereocenters. The van der Waals surface area contributed by atoms with E-state index in [1.54, 1.807) is 0 Å². The molecule has 3 heteroatoms. The van der Waals surface area contributed by atoms with Gasteiger partial charge in [0, 0.05) is 9.50 Å². The molecule has 0 heterocycles. The predicted octanol–water partition coefficient (Wildman–Crippen LogP) is 4.33. The monoisotopic (exact) mass is 287 g/mol. The maximum atomic E-state index is 6.17. The molecular weight excluding hydrogens is 273 g/mol. The van der Waals surface area contributed by atoms with E-state index in [9.17, 15) is 0 Å². The van der Waals surface area contributed by atoms with Gasteiger partial charge in [0.2, 0.25) is 0 Å². The molecule has 0 aliphatic carbocycles. The van der Waals surface area contributed by atoms with Crippen LogP contribution in [0.5, 0.6) is 0 Å². The van der Waals surface area contributed by atoms with Gasteiger partial charge >= 0.3 is 0 Å². The number of hydrogen-bond donors (Lipinski definition) is 1. The molecule has 0 amide bonds. The van der Waals surface area contributed by atoms with E-state index in [0.29, 0.717) is 0 Å². The summed E-state index contributed by atoms with van der Waals surface area (Å²) >= 11 is 9.62. The van der Waals surface area contributed by atoms with Gasteiger partial charge in [-0.1, -0.05) is 46.6 Å². The number of halogens is 2. The molecule has 82 valence electrons. The second-order valence-electron chi connectivity index (χ2n) is 3.50. The third-order valence-corrected chi connectivity index (χ3v) is 3.01. The number of benzene rings is 1. The van der Waals surface area contributed by atoms with E-state index in [4.69, 9.17) is 11.6 Å². The predicted molar refractivity (Wildman–Crippen MR) is 70.4 cm³/mol. The van der Waals surface area contributed by atoms with E-state index in [-0.39, 0.29) is 6.04 Å². The third-order valence-electron chi connectivity index (χ3n) is 2.17. The quantitative estimate of drug-likeness (QED) is 0.813. The summed E-state index contributed by atoms with van der Waals surface area (Å²) in [5.41, 5.74) is 2.14. The van der Waals surface area contributed by atoms with Gasteiger partial charge in [0.1, 0.15) is 0 Å². The molecule has 1 N–H and O–H groups in total. The topological polar surface area (TPSA) is 12.0 Å². The Balaban J connectivity index is 3.09. The highest BCUT2D eigenvalue weighted by Crippen LogP contribution is 2.29. The largest absolute Gasteiger partial charge is 0.307 e. The van der Waals surface area contributed by atoms with Crippen LogP contribution in [0.2, 0.25) is 5.02 Å². The van der Waals surface area contributed by atoms with Crippen molar-refractivity contribution in [2.75, 3.05) is 6.54 Å². The van der Waals surface area contributed by atoms with Crippen LogP contribution in [0.15, 0.2) is 34.8 Å². The first-order valence-electron chi connectivity index (χ1n) is 4.90. The number of hydrogen-bond acceptors (Lipinski definition) is 1. The van der Waals surface area contributed by atoms with Gasteiger partial charge in [0.15, 0.2) is 0 Å². The van der Waals surface area contributed by atoms with Crippen molar-refractivity contribution in [1.82, 2.24) is 5.32 Å². The molecule has 0 radical (unpaired) electrons. The molecule has 0 saturated carbocycles. The first-order valence-corrected chi connectivity index (χ1v) is 6.07. The van der Waals surface area contributed by atoms with Gasteiger partial charge in [0.05, 0.1) is 6.04 Å². The molecule has 1 aromatic rings. The standard InChI is InChI=1S/C12H15BrClN/c1-4-15-12(8(2)3)10-7-9(13)5-6-11(10)14/h5-7,12,15H,2,4H2,1,3H3. The number of rotatable bonds is 4. The summed E-state index contributed by atoms with van der Waals surface area (Å²) in [6.45, 7) is 8.95. The molecule has 0 spiro atoms. The van der Waals surface area contributed by atoms with Gasteiger partial charge in [-0.05, 0) is 37.2 Å². The van der Waals surface area contributed by atoms with Crippen molar-refractivity contribution < 1.29 is 0 Å². The Bertz CT molecular complexity index is 363. The zero-order valence-electron chi connectivity index (χ0n) is 8.98. The zero-order chi connectivity index (χ0) is 11.4. The van der Waals surface area contributed by atoms with Gasteiger partial charge in [-0.25, -0.2) is 0 Å². The fraction of sp³-hybridized carbons (Fsp3) is 0.333. The van der Waals surface area contributed by atoms with Crippen LogP contribution in [-0.2, 0) is 0 Å². The molecule has 0 saturated heterocycles. The van der Waals surface area contributed by atoms with Crippen LogP contribution in [0.1, 0.15) is 25.5 Å². The minimum atomic E-state index is 0.125.